The van der Waals surface area contributed by atoms with E-state index in [0.717, 1.165) is 13.0 Å². The molecule has 2 aromatic rings. The molecule has 2 unspecified atom stereocenters. The van der Waals surface area contributed by atoms with Crippen LogP contribution in [0.5, 0.6) is 0 Å². The van der Waals surface area contributed by atoms with Crippen LogP contribution in [0, 0.1) is 5.92 Å². The minimum Gasteiger partial charge on any atom is -0.368 e. The highest BCUT2D eigenvalue weighted by molar-refractivity contribution is 5.40. The number of rotatable bonds is 2. The molecule has 7 nitrogen and oxygen atoms in total. The third-order valence-corrected chi connectivity index (χ3v) is 3.38. The number of nitrogens with zero attached hydrogens (tertiary/aromatic N) is 6. The van der Waals surface area contributed by atoms with Crippen LogP contribution in [0.2, 0.25) is 0 Å². The molecule has 3 rings (SSSR count). The lowest BCUT2D eigenvalue weighted by molar-refractivity contribution is 0.624. The molecular formula is C12H17N7. The molecule has 0 saturated carbocycles. The molecule has 2 aromatic heterocycles. The van der Waals surface area contributed by atoms with E-state index in [1.807, 2.05) is 6.07 Å². The zero-order valence-corrected chi connectivity index (χ0v) is 11.1. The van der Waals surface area contributed by atoms with Gasteiger partial charge >= 0.3 is 0 Å². The predicted molar refractivity (Wildman–Crippen MR) is 72.0 cm³/mol. The second kappa shape index (κ2) is 4.49. The van der Waals surface area contributed by atoms with E-state index in [2.05, 4.69) is 38.8 Å². The maximum Gasteiger partial charge on any atom is 0.257 e. The monoisotopic (exact) mass is 259 g/mol. The van der Waals surface area contributed by atoms with Gasteiger partial charge < -0.3 is 10.6 Å². The molecule has 0 bridgehead atoms. The molecule has 3 heterocycles. The predicted octanol–water partition coefficient (Wildman–Crippen LogP) is 0.874. The molecule has 1 aliphatic heterocycles. The van der Waals surface area contributed by atoms with E-state index in [1.165, 1.54) is 0 Å². The van der Waals surface area contributed by atoms with Crippen molar-refractivity contribution in [1.29, 1.82) is 0 Å². The molecular weight excluding hydrogens is 242 g/mol. The summed E-state index contributed by atoms with van der Waals surface area (Å²) in [6.45, 7) is 5.36. The fourth-order valence-electron chi connectivity index (χ4n) is 2.57. The number of anilines is 2. The van der Waals surface area contributed by atoms with Gasteiger partial charge in [-0.25, -0.2) is 4.68 Å². The first kappa shape index (κ1) is 11.9. The molecule has 1 aliphatic rings. The summed E-state index contributed by atoms with van der Waals surface area (Å²) in [6, 6.07) is 2.24. The number of hydrogen-bond donors (Lipinski definition) is 1. The Morgan fingerprint density at radius 3 is 2.63 bits per heavy atom. The Bertz CT molecular complexity index is 565. The highest BCUT2D eigenvalue weighted by Gasteiger charge is 2.28. The van der Waals surface area contributed by atoms with Gasteiger partial charge in [0.2, 0.25) is 11.9 Å². The Hall–Kier alpha value is -2.18. The second-order valence-corrected chi connectivity index (χ2v) is 5.09. The number of aromatic nitrogens is 5. The molecule has 0 amide bonds. The number of hydrogen-bond acceptors (Lipinski definition) is 6. The van der Waals surface area contributed by atoms with Gasteiger partial charge in [-0.2, -0.15) is 20.1 Å². The van der Waals surface area contributed by atoms with E-state index < -0.39 is 0 Å². The van der Waals surface area contributed by atoms with Gasteiger partial charge in [-0.3, -0.25) is 0 Å². The average molecular weight is 259 g/mol. The molecule has 1 saturated heterocycles. The third kappa shape index (κ3) is 2.23. The normalized spacial score (nSPS) is 22.9. The van der Waals surface area contributed by atoms with Crippen molar-refractivity contribution in [1.82, 2.24) is 24.7 Å². The van der Waals surface area contributed by atoms with Crippen LogP contribution < -0.4 is 10.6 Å². The second-order valence-electron chi connectivity index (χ2n) is 5.09. The Balaban J connectivity index is 1.98. The standard InChI is InChI=1S/C12H17N7/c1-8-6-9(2)18(7-8)11-15-10(13)16-12(17-11)19-5-3-4-14-19/h3-5,8-9H,6-7H2,1-2H3,(H2,13,15,16,17). The summed E-state index contributed by atoms with van der Waals surface area (Å²) in [6.07, 6.45) is 4.61. The molecule has 0 aromatic carbocycles. The Morgan fingerprint density at radius 1 is 1.21 bits per heavy atom. The van der Waals surface area contributed by atoms with Crippen molar-refractivity contribution in [3.8, 4) is 5.95 Å². The molecule has 7 heteroatoms. The lowest BCUT2D eigenvalue weighted by Crippen LogP contribution is -2.29. The van der Waals surface area contributed by atoms with E-state index in [9.17, 15) is 0 Å². The Morgan fingerprint density at radius 2 is 2.00 bits per heavy atom. The molecule has 2 atom stereocenters. The number of nitrogen functional groups attached to an aromatic ring is 1. The van der Waals surface area contributed by atoms with Crippen LogP contribution in [0.4, 0.5) is 11.9 Å². The molecule has 100 valence electrons. The third-order valence-electron chi connectivity index (χ3n) is 3.38. The first-order valence-electron chi connectivity index (χ1n) is 6.41. The Kier molecular flexibility index (Phi) is 2.81. The molecule has 1 fully saturated rings. The largest absolute Gasteiger partial charge is 0.368 e. The van der Waals surface area contributed by atoms with Crippen LogP contribution in [0.25, 0.3) is 5.95 Å². The first-order chi connectivity index (χ1) is 9.13. The maximum absolute atomic E-state index is 5.78. The van der Waals surface area contributed by atoms with Gasteiger partial charge in [-0.15, -0.1) is 0 Å². The topological polar surface area (TPSA) is 85.8 Å². The van der Waals surface area contributed by atoms with Gasteiger partial charge in [0.05, 0.1) is 0 Å². The van der Waals surface area contributed by atoms with Crippen molar-refractivity contribution < 1.29 is 0 Å². The fraction of sp³-hybridized carbons (Fsp3) is 0.500. The SMILES string of the molecule is CC1CC(C)N(c2nc(N)nc(-n3cccn3)n2)C1. The van der Waals surface area contributed by atoms with E-state index in [4.69, 9.17) is 5.73 Å². The Labute approximate surface area is 111 Å². The minimum absolute atomic E-state index is 0.224. The van der Waals surface area contributed by atoms with Gasteiger partial charge in [0, 0.05) is 25.0 Å². The van der Waals surface area contributed by atoms with Crippen molar-refractivity contribution in [2.45, 2.75) is 26.3 Å². The van der Waals surface area contributed by atoms with Crippen LogP contribution in [0.1, 0.15) is 20.3 Å². The van der Waals surface area contributed by atoms with E-state index in [0.29, 0.717) is 23.9 Å². The summed E-state index contributed by atoms with van der Waals surface area (Å²) in [5.74, 6) is 1.96. The molecule has 0 spiro atoms. The van der Waals surface area contributed by atoms with Gasteiger partial charge in [0.15, 0.2) is 0 Å². The lowest BCUT2D eigenvalue weighted by atomic mass is 10.1. The maximum atomic E-state index is 5.78. The van der Waals surface area contributed by atoms with Crippen molar-refractivity contribution in [2.75, 3.05) is 17.2 Å². The van der Waals surface area contributed by atoms with Crippen molar-refractivity contribution in [3.05, 3.63) is 18.5 Å². The molecule has 0 radical (unpaired) electrons. The summed E-state index contributed by atoms with van der Waals surface area (Å²) >= 11 is 0. The quantitative estimate of drug-likeness (QED) is 0.861. The minimum atomic E-state index is 0.224. The zero-order valence-electron chi connectivity index (χ0n) is 11.1. The van der Waals surface area contributed by atoms with Gasteiger partial charge in [0.25, 0.3) is 5.95 Å². The molecule has 19 heavy (non-hydrogen) atoms. The summed E-state index contributed by atoms with van der Waals surface area (Å²) in [5, 5.41) is 4.12. The van der Waals surface area contributed by atoms with Crippen LogP contribution in [-0.4, -0.2) is 37.3 Å². The van der Waals surface area contributed by atoms with Crippen LogP contribution in [0.3, 0.4) is 0 Å². The summed E-state index contributed by atoms with van der Waals surface area (Å²) in [4.78, 5) is 15.0. The molecule has 0 aliphatic carbocycles. The van der Waals surface area contributed by atoms with Crippen LogP contribution in [-0.2, 0) is 0 Å². The van der Waals surface area contributed by atoms with Crippen molar-refractivity contribution in [3.63, 3.8) is 0 Å². The summed E-state index contributed by atoms with van der Waals surface area (Å²) in [5.41, 5.74) is 5.78. The lowest BCUT2D eigenvalue weighted by Gasteiger charge is -2.21. The van der Waals surface area contributed by atoms with Crippen LogP contribution >= 0.6 is 0 Å². The summed E-state index contributed by atoms with van der Waals surface area (Å²) < 4.78 is 1.59. The summed E-state index contributed by atoms with van der Waals surface area (Å²) in [7, 11) is 0. The fourth-order valence-corrected chi connectivity index (χ4v) is 2.57. The van der Waals surface area contributed by atoms with Gasteiger partial charge in [-0.05, 0) is 25.3 Å². The first-order valence-corrected chi connectivity index (χ1v) is 6.41. The zero-order chi connectivity index (χ0) is 13.4. The van der Waals surface area contributed by atoms with Gasteiger partial charge in [0.1, 0.15) is 0 Å². The number of nitrogens with two attached hydrogens (primary N) is 1. The highest BCUT2D eigenvalue weighted by Crippen LogP contribution is 2.26. The van der Waals surface area contributed by atoms with E-state index in [-0.39, 0.29) is 5.95 Å². The van der Waals surface area contributed by atoms with E-state index >= 15 is 0 Å². The highest BCUT2D eigenvalue weighted by atomic mass is 15.4. The van der Waals surface area contributed by atoms with Gasteiger partial charge in [-0.1, -0.05) is 6.92 Å². The van der Waals surface area contributed by atoms with Crippen LogP contribution in [0.15, 0.2) is 18.5 Å². The molecule has 2 N–H and O–H groups in total. The van der Waals surface area contributed by atoms with Crippen molar-refractivity contribution in [2.24, 2.45) is 5.92 Å². The smallest absolute Gasteiger partial charge is 0.257 e. The van der Waals surface area contributed by atoms with E-state index in [1.54, 1.807) is 17.1 Å². The average Bonchev–Trinajstić information content (AvgIpc) is 2.98. The van der Waals surface area contributed by atoms with Crippen molar-refractivity contribution >= 4 is 11.9 Å².